The van der Waals surface area contributed by atoms with E-state index < -0.39 is 15.7 Å². The van der Waals surface area contributed by atoms with Crippen LogP contribution >= 0.6 is 0 Å². The van der Waals surface area contributed by atoms with Crippen LogP contribution in [0.3, 0.4) is 0 Å². The predicted octanol–water partition coefficient (Wildman–Crippen LogP) is -1.00. The van der Waals surface area contributed by atoms with Gasteiger partial charge in [0.1, 0.15) is 11.4 Å². The van der Waals surface area contributed by atoms with Gasteiger partial charge in [-0.25, -0.2) is 13.1 Å². The molecule has 4 N–H and O–H groups in total. The van der Waals surface area contributed by atoms with Crippen LogP contribution < -0.4 is 11.5 Å². The molecule has 7 nitrogen and oxygen atoms in total. The van der Waals surface area contributed by atoms with Gasteiger partial charge in [-0.15, -0.1) is 0 Å². The first-order chi connectivity index (χ1) is 7.37. The molecular weight excluding hydrogens is 232 g/mol. The van der Waals surface area contributed by atoms with Gasteiger partial charge in [-0.2, -0.15) is 5.10 Å². The quantitative estimate of drug-likeness (QED) is 0.690. The minimum absolute atomic E-state index is 0.0619. The summed E-state index contributed by atoms with van der Waals surface area (Å²) in [5.74, 6) is -0.578. The van der Waals surface area contributed by atoms with Gasteiger partial charge in [-0.3, -0.25) is 4.79 Å². The zero-order chi connectivity index (χ0) is 12.3. The van der Waals surface area contributed by atoms with Crippen molar-refractivity contribution in [3.05, 3.63) is 11.8 Å². The van der Waals surface area contributed by atoms with Gasteiger partial charge in [0.15, 0.2) is 9.84 Å². The van der Waals surface area contributed by atoms with Gasteiger partial charge in [-0.05, 0) is 0 Å². The molecule has 0 radical (unpaired) electrons. The van der Waals surface area contributed by atoms with Crippen molar-refractivity contribution in [2.24, 2.45) is 5.73 Å². The fourth-order valence-corrected chi connectivity index (χ4v) is 1.87. The average Bonchev–Trinajstić information content (AvgIpc) is 2.57. The van der Waals surface area contributed by atoms with Crippen LogP contribution in [-0.4, -0.2) is 35.6 Å². The molecule has 90 valence electrons. The van der Waals surface area contributed by atoms with Gasteiger partial charge in [0, 0.05) is 5.75 Å². The number of hydrogen-bond acceptors (Lipinski definition) is 5. The highest BCUT2D eigenvalue weighted by Gasteiger charge is 2.14. The molecule has 0 aromatic carbocycles. The van der Waals surface area contributed by atoms with E-state index in [-0.39, 0.29) is 29.4 Å². The number of hydrogen-bond donors (Lipinski definition) is 2. The summed E-state index contributed by atoms with van der Waals surface area (Å²) < 4.78 is 23.8. The zero-order valence-corrected chi connectivity index (χ0v) is 9.70. The number of nitrogens with zero attached hydrogens (tertiary/aromatic N) is 2. The van der Waals surface area contributed by atoms with Gasteiger partial charge >= 0.3 is 0 Å². The van der Waals surface area contributed by atoms with Crippen LogP contribution in [0, 0.1) is 0 Å². The summed E-state index contributed by atoms with van der Waals surface area (Å²) in [7, 11) is -3.08. The summed E-state index contributed by atoms with van der Waals surface area (Å²) in [5.41, 5.74) is 10.7. The van der Waals surface area contributed by atoms with E-state index in [2.05, 4.69) is 5.10 Å². The van der Waals surface area contributed by atoms with Crippen LogP contribution in [0.2, 0.25) is 0 Å². The van der Waals surface area contributed by atoms with E-state index in [9.17, 15) is 13.2 Å². The van der Waals surface area contributed by atoms with Gasteiger partial charge in [0.05, 0.1) is 18.5 Å². The molecule has 16 heavy (non-hydrogen) atoms. The van der Waals surface area contributed by atoms with E-state index in [0.717, 1.165) is 0 Å². The lowest BCUT2D eigenvalue weighted by Crippen LogP contribution is -2.18. The fraction of sp³-hybridized carbons (Fsp3) is 0.500. The van der Waals surface area contributed by atoms with Crippen molar-refractivity contribution >= 4 is 21.6 Å². The van der Waals surface area contributed by atoms with Crippen molar-refractivity contribution in [2.75, 3.05) is 17.2 Å². The average molecular weight is 246 g/mol. The summed E-state index contributed by atoms with van der Waals surface area (Å²) in [4.78, 5) is 10.9. The zero-order valence-electron chi connectivity index (χ0n) is 8.88. The third-order valence-electron chi connectivity index (χ3n) is 2.20. The molecule has 0 fully saturated rings. The molecule has 0 aliphatic carbocycles. The molecule has 1 amide bonds. The van der Waals surface area contributed by atoms with Gasteiger partial charge in [0.25, 0.3) is 5.91 Å². The number of anilines is 1. The second kappa shape index (κ2) is 4.52. The molecular formula is C8H14N4O3S. The van der Waals surface area contributed by atoms with Crippen LogP contribution in [0.5, 0.6) is 0 Å². The van der Waals surface area contributed by atoms with Gasteiger partial charge < -0.3 is 11.5 Å². The molecule has 0 bridgehead atoms. The highest BCUT2D eigenvalue weighted by molar-refractivity contribution is 7.91. The normalized spacial score (nSPS) is 11.6. The van der Waals surface area contributed by atoms with Crippen LogP contribution in [0.1, 0.15) is 17.3 Å². The van der Waals surface area contributed by atoms with Gasteiger partial charge in [-0.1, -0.05) is 6.92 Å². The molecule has 8 heteroatoms. The topological polar surface area (TPSA) is 121 Å². The van der Waals surface area contributed by atoms with E-state index in [1.54, 1.807) is 6.92 Å². The first-order valence-corrected chi connectivity index (χ1v) is 6.51. The minimum atomic E-state index is -3.08. The first-order valence-electron chi connectivity index (χ1n) is 4.69. The Balaban J connectivity index is 2.80. The lowest BCUT2D eigenvalue weighted by atomic mass is 10.3. The Morgan fingerprint density at radius 3 is 2.62 bits per heavy atom. The highest BCUT2D eigenvalue weighted by atomic mass is 32.2. The molecule has 0 unspecified atom stereocenters. The maximum absolute atomic E-state index is 11.3. The van der Waals surface area contributed by atoms with Crippen molar-refractivity contribution in [1.29, 1.82) is 0 Å². The first kappa shape index (κ1) is 12.5. The molecule has 0 atom stereocenters. The minimum Gasteiger partial charge on any atom is -0.383 e. The predicted molar refractivity (Wildman–Crippen MR) is 59.5 cm³/mol. The molecule has 1 aromatic heterocycles. The van der Waals surface area contributed by atoms with E-state index in [0.29, 0.717) is 0 Å². The third-order valence-corrected chi connectivity index (χ3v) is 3.88. The molecule has 1 aromatic rings. The monoisotopic (exact) mass is 246 g/mol. The molecule has 0 spiro atoms. The Labute approximate surface area is 93.3 Å². The number of aromatic nitrogens is 2. The van der Waals surface area contributed by atoms with E-state index >= 15 is 0 Å². The summed E-state index contributed by atoms with van der Waals surface area (Å²) >= 11 is 0. The third kappa shape index (κ3) is 2.72. The van der Waals surface area contributed by atoms with Crippen molar-refractivity contribution in [2.45, 2.75) is 13.5 Å². The Hall–Kier alpha value is -1.57. The standard InChI is InChI=1S/C8H14N4O3S/c1-2-16(14,15)4-3-12-7(9)6(5-11-12)8(10)13/h5H,2-4,9H2,1H3,(H2,10,13). The van der Waals surface area contributed by atoms with E-state index in [4.69, 9.17) is 11.5 Å². The smallest absolute Gasteiger partial charge is 0.254 e. The van der Waals surface area contributed by atoms with Crippen molar-refractivity contribution < 1.29 is 13.2 Å². The molecule has 1 rings (SSSR count). The van der Waals surface area contributed by atoms with Crippen molar-refractivity contribution in [3.8, 4) is 0 Å². The largest absolute Gasteiger partial charge is 0.383 e. The molecule has 0 saturated carbocycles. The fourth-order valence-electron chi connectivity index (χ4n) is 1.13. The molecule has 0 aliphatic heterocycles. The summed E-state index contributed by atoms with van der Waals surface area (Å²) in [5, 5.41) is 3.80. The number of aryl methyl sites for hydroxylation is 1. The molecule has 1 heterocycles. The van der Waals surface area contributed by atoms with E-state index in [1.807, 2.05) is 0 Å². The Bertz CT molecular complexity index is 491. The van der Waals surface area contributed by atoms with Gasteiger partial charge in [0.2, 0.25) is 0 Å². The lowest BCUT2D eigenvalue weighted by molar-refractivity contribution is 0.100. The summed E-state index contributed by atoms with van der Waals surface area (Å²) in [6, 6.07) is 0. The second-order valence-electron chi connectivity index (χ2n) is 3.27. The SMILES string of the molecule is CCS(=O)(=O)CCn1ncc(C(N)=O)c1N. The highest BCUT2D eigenvalue weighted by Crippen LogP contribution is 2.10. The number of nitrogen functional groups attached to an aromatic ring is 1. The number of sulfone groups is 1. The summed E-state index contributed by atoms with van der Waals surface area (Å²) in [6.45, 7) is 1.69. The number of carbonyl (C=O) groups is 1. The van der Waals surface area contributed by atoms with Crippen molar-refractivity contribution in [3.63, 3.8) is 0 Å². The number of rotatable bonds is 5. The molecule has 0 saturated heterocycles. The maximum atomic E-state index is 11.3. The summed E-state index contributed by atoms with van der Waals surface area (Å²) in [6.07, 6.45) is 1.23. The van der Waals surface area contributed by atoms with Crippen LogP contribution in [0.15, 0.2) is 6.20 Å². The maximum Gasteiger partial charge on any atom is 0.254 e. The Morgan fingerprint density at radius 1 is 1.56 bits per heavy atom. The van der Waals surface area contributed by atoms with Crippen LogP contribution in [0.25, 0.3) is 0 Å². The lowest BCUT2D eigenvalue weighted by Gasteiger charge is -2.04. The van der Waals surface area contributed by atoms with Crippen molar-refractivity contribution in [1.82, 2.24) is 9.78 Å². The van der Waals surface area contributed by atoms with Crippen LogP contribution in [0.4, 0.5) is 5.82 Å². The van der Waals surface area contributed by atoms with E-state index in [1.165, 1.54) is 10.9 Å². The second-order valence-corrected chi connectivity index (χ2v) is 5.74. The Morgan fingerprint density at radius 2 is 2.19 bits per heavy atom. The number of amides is 1. The number of primary amides is 1. The number of carbonyl (C=O) groups excluding carboxylic acids is 1. The van der Waals surface area contributed by atoms with Crippen LogP contribution in [-0.2, 0) is 16.4 Å². The Kier molecular flexibility index (Phi) is 3.53. The molecule has 0 aliphatic rings. The number of nitrogens with two attached hydrogens (primary N) is 2.